The zero-order valence-electron chi connectivity index (χ0n) is 10.5. The summed E-state index contributed by atoms with van der Waals surface area (Å²) in [5.74, 6) is -0.558. The molecule has 5 nitrogen and oxygen atoms in total. The number of carbonyl (C=O) groups is 1. The number of rotatable bonds is 4. The van der Waals surface area contributed by atoms with Gasteiger partial charge in [-0.2, -0.15) is 13.2 Å². The van der Waals surface area contributed by atoms with E-state index in [0.717, 1.165) is 0 Å². The van der Waals surface area contributed by atoms with Crippen LogP contribution in [0.4, 0.5) is 24.7 Å². The number of halogens is 3. The highest BCUT2D eigenvalue weighted by Crippen LogP contribution is 2.24. The molecule has 0 bridgehead atoms. The average Bonchev–Trinajstić information content (AvgIpc) is 2.34. The topological polar surface area (TPSA) is 68.5 Å². The van der Waals surface area contributed by atoms with Gasteiger partial charge in [0.2, 0.25) is 0 Å². The zero-order valence-corrected chi connectivity index (χ0v) is 10.5. The lowest BCUT2D eigenvalue weighted by molar-refractivity contribution is -0.132. The largest absolute Gasteiger partial charge is 0.464 e. The molecule has 0 saturated carbocycles. The normalized spacial score (nSPS) is 11.2. The van der Waals surface area contributed by atoms with Crippen LogP contribution in [0.5, 0.6) is 0 Å². The number of methoxy groups -OCH3 is 1. The molecule has 0 aliphatic rings. The van der Waals surface area contributed by atoms with E-state index in [9.17, 15) is 18.0 Å². The van der Waals surface area contributed by atoms with Crippen LogP contribution in [-0.2, 0) is 4.74 Å². The van der Waals surface area contributed by atoms with E-state index in [1.54, 1.807) is 0 Å². The predicted octanol–water partition coefficient (Wildman–Crippen LogP) is 1.84. The van der Waals surface area contributed by atoms with Gasteiger partial charge in [0, 0.05) is 13.6 Å². The van der Waals surface area contributed by atoms with Gasteiger partial charge in [-0.05, 0) is 12.1 Å². The molecule has 0 aromatic carbocycles. The van der Waals surface area contributed by atoms with Gasteiger partial charge in [-0.15, -0.1) is 0 Å². The van der Waals surface area contributed by atoms with E-state index in [-0.39, 0.29) is 23.7 Å². The highest BCUT2D eigenvalue weighted by molar-refractivity contribution is 5.88. The van der Waals surface area contributed by atoms with Crippen molar-refractivity contribution < 1.29 is 22.7 Å². The van der Waals surface area contributed by atoms with E-state index < -0.39 is 18.6 Å². The summed E-state index contributed by atoms with van der Waals surface area (Å²) >= 11 is 0. The maximum atomic E-state index is 12.1. The molecular weight excluding hydrogens is 263 g/mol. The minimum absolute atomic E-state index is 0.00874. The van der Waals surface area contributed by atoms with E-state index in [1.165, 1.54) is 31.2 Å². The standard InChI is InChI=1S/C11H14F3N3O2/c1-17(6-5-11(12,13)14)9-7(15)3-4-8(16-9)10(18)19-2/h3-4H,5-6,15H2,1-2H3. The Morgan fingerprint density at radius 2 is 2.11 bits per heavy atom. The maximum Gasteiger partial charge on any atom is 0.390 e. The fourth-order valence-electron chi connectivity index (χ4n) is 1.38. The molecule has 0 amide bonds. The number of nitrogens with zero attached hydrogens (tertiary/aromatic N) is 2. The van der Waals surface area contributed by atoms with E-state index in [0.29, 0.717) is 0 Å². The van der Waals surface area contributed by atoms with Gasteiger partial charge in [0.25, 0.3) is 0 Å². The Morgan fingerprint density at radius 1 is 1.47 bits per heavy atom. The van der Waals surface area contributed by atoms with Crippen LogP contribution in [0.25, 0.3) is 0 Å². The van der Waals surface area contributed by atoms with E-state index >= 15 is 0 Å². The first-order chi connectivity index (χ1) is 8.74. The summed E-state index contributed by atoms with van der Waals surface area (Å²) in [4.78, 5) is 16.4. The lowest BCUT2D eigenvalue weighted by atomic mass is 10.3. The van der Waals surface area contributed by atoms with Gasteiger partial charge in [0.15, 0.2) is 11.5 Å². The van der Waals surface area contributed by atoms with Crippen LogP contribution in [0.3, 0.4) is 0 Å². The molecular formula is C11H14F3N3O2. The number of nitrogens with two attached hydrogens (primary N) is 1. The van der Waals surface area contributed by atoms with Crippen LogP contribution < -0.4 is 10.6 Å². The Morgan fingerprint density at radius 3 is 2.63 bits per heavy atom. The van der Waals surface area contributed by atoms with Crippen LogP contribution in [0.1, 0.15) is 16.9 Å². The van der Waals surface area contributed by atoms with Crippen molar-refractivity contribution in [3.8, 4) is 0 Å². The molecule has 0 aliphatic carbocycles. The second kappa shape index (κ2) is 5.77. The van der Waals surface area contributed by atoms with Crippen molar-refractivity contribution in [3.05, 3.63) is 17.8 Å². The van der Waals surface area contributed by atoms with Crippen molar-refractivity contribution in [2.24, 2.45) is 0 Å². The smallest absolute Gasteiger partial charge is 0.390 e. The molecule has 1 rings (SSSR count). The SMILES string of the molecule is COC(=O)c1ccc(N)c(N(C)CCC(F)(F)F)n1. The Balaban J connectivity index is 2.89. The maximum absolute atomic E-state index is 12.1. The van der Waals surface area contributed by atoms with Crippen molar-refractivity contribution in [1.29, 1.82) is 0 Å². The first-order valence-corrected chi connectivity index (χ1v) is 5.37. The summed E-state index contributed by atoms with van der Waals surface area (Å²) < 4.78 is 40.9. The predicted molar refractivity (Wildman–Crippen MR) is 63.9 cm³/mol. The fourth-order valence-corrected chi connectivity index (χ4v) is 1.38. The third kappa shape index (κ3) is 4.31. The minimum atomic E-state index is -4.26. The lowest BCUT2D eigenvalue weighted by Crippen LogP contribution is -2.26. The molecule has 1 heterocycles. The monoisotopic (exact) mass is 277 g/mol. The fraction of sp³-hybridized carbons (Fsp3) is 0.455. The molecule has 0 unspecified atom stereocenters. The van der Waals surface area contributed by atoms with Crippen LogP contribution in [-0.4, -0.2) is 37.8 Å². The molecule has 0 aliphatic heterocycles. The van der Waals surface area contributed by atoms with Crippen molar-refractivity contribution in [2.75, 3.05) is 31.3 Å². The molecule has 106 valence electrons. The average molecular weight is 277 g/mol. The molecule has 2 N–H and O–H groups in total. The summed E-state index contributed by atoms with van der Waals surface area (Å²) in [7, 11) is 2.61. The Labute approximate surface area is 108 Å². The summed E-state index contributed by atoms with van der Waals surface area (Å²) in [6.07, 6.45) is -5.25. The number of esters is 1. The number of hydrogen-bond donors (Lipinski definition) is 1. The minimum Gasteiger partial charge on any atom is -0.464 e. The molecule has 0 fully saturated rings. The molecule has 8 heteroatoms. The van der Waals surface area contributed by atoms with Gasteiger partial charge in [0.05, 0.1) is 19.2 Å². The summed E-state index contributed by atoms with van der Waals surface area (Å²) in [5, 5.41) is 0. The number of carbonyl (C=O) groups excluding carboxylic acids is 1. The van der Waals surface area contributed by atoms with Gasteiger partial charge >= 0.3 is 12.1 Å². The number of ether oxygens (including phenoxy) is 1. The number of pyridine rings is 1. The van der Waals surface area contributed by atoms with Crippen LogP contribution in [0.15, 0.2) is 12.1 Å². The molecule has 0 spiro atoms. The second-order valence-corrected chi connectivity index (χ2v) is 3.89. The summed E-state index contributed by atoms with van der Waals surface area (Å²) in [6.45, 7) is -0.300. The Hall–Kier alpha value is -1.99. The van der Waals surface area contributed by atoms with E-state index in [4.69, 9.17) is 5.73 Å². The molecule has 1 aromatic heterocycles. The van der Waals surface area contributed by atoms with Crippen molar-refractivity contribution in [2.45, 2.75) is 12.6 Å². The van der Waals surface area contributed by atoms with Crippen molar-refractivity contribution >= 4 is 17.5 Å². The molecule has 0 saturated heterocycles. The molecule has 19 heavy (non-hydrogen) atoms. The van der Waals surface area contributed by atoms with Crippen molar-refractivity contribution in [1.82, 2.24) is 4.98 Å². The van der Waals surface area contributed by atoms with Crippen LogP contribution in [0, 0.1) is 0 Å². The second-order valence-electron chi connectivity index (χ2n) is 3.89. The third-order valence-electron chi connectivity index (χ3n) is 2.39. The highest BCUT2D eigenvalue weighted by Gasteiger charge is 2.27. The number of hydrogen-bond acceptors (Lipinski definition) is 5. The van der Waals surface area contributed by atoms with Gasteiger partial charge in [-0.1, -0.05) is 0 Å². The first-order valence-electron chi connectivity index (χ1n) is 5.37. The van der Waals surface area contributed by atoms with Gasteiger partial charge in [-0.25, -0.2) is 9.78 Å². The molecule has 0 radical (unpaired) electrons. The van der Waals surface area contributed by atoms with Gasteiger partial charge in [-0.3, -0.25) is 0 Å². The van der Waals surface area contributed by atoms with Crippen LogP contribution >= 0.6 is 0 Å². The van der Waals surface area contributed by atoms with E-state index in [1.807, 2.05) is 0 Å². The Bertz CT molecular complexity index is 463. The molecule has 1 aromatic rings. The zero-order chi connectivity index (χ0) is 14.6. The number of nitrogen functional groups attached to an aromatic ring is 1. The number of aromatic nitrogens is 1. The number of alkyl halides is 3. The van der Waals surface area contributed by atoms with Crippen LogP contribution in [0.2, 0.25) is 0 Å². The van der Waals surface area contributed by atoms with Crippen molar-refractivity contribution in [3.63, 3.8) is 0 Å². The summed E-state index contributed by atoms with van der Waals surface area (Å²) in [6, 6.07) is 2.75. The van der Waals surface area contributed by atoms with E-state index in [2.05, 4.69) is 9.72 Å². The summed E-state index contributed by atoms with van der Waals surface area (Å²) in [5.41, 5.74) is 5.82. The number of anilines is 2. The van der Waals surface area contributed by atoms with Gasteiger partial charge < -0.3 is 15.4 Å². The lowest BCUT2D eigenvalue weighted by Gasteiger charge is -2.20. The quantitative estimate of drug-likeness (QED) is 0.850. The molecule has 0 atom stereocenters. The Kier molecular flexibility index (Phi) is 4.57. The highest BCUT2D eigenvalue weighted by atomic mass is 19.4. The third-order valence-corrected chi connectivity index (χ3v) is 2.39. The van der Waals surface area contributed by atoms with Gasteiger partial charge in [0.1, 0.15) is 0 Å². The first kappa shape index (κ1) is 15.1.